The minimum atomic E-state index is -3.20. The van der Waals surface area contributed by atoms with E-state index in [9.17, 15) is 13.2 Å². The van der Waals surface area contributed by atoms with Crippen LogP contribution in [-0.2, 0) is 10.0 Å². The van der Waals surface area contributed by atoms with Crippen molar-refractivity contribution in [2.24, 2.45) is 0 Å². The Morgan fingerprint density at radius 3 is 2.36 bits per heavy atom. The fourth-order valence-corrected chi connectivity index (χ4v) is 5.70. The zero-order valence-corrected chi connectivity index (χ0v) is 16.0. The minimum absolute atomic E-state index is 0.00764. The Balaban J connectivity index is 1.58. The van der Waals surface area contributed by atoms with Crippen LogP contribution in [0.3, 0.4) is 0 Å². The molecule has 2 amide bonds. The van der Waals surface area contributed by atoms with Gasteiger partial charge in [-0.15, -0.1) is 0 Å². The highest BCUT2D eigenvalue weighted by Crippen LogP contribution is 2.31. The third-order valence-electron chi connectivity index (χ3n) is 5.73. The fraction of sp³-hybridized carbons (Fsp3) is 0.833. The maximum atomic E-state index is 12.5. The summed E-state index contributed by atoms with van der Waals surface area (Å²) >= 11 is 0. The van der Waals surface area contributed by atoms with Gasteiger partial charge < -0.3 is 10.2 Å². The topological polar surface area (TPSA) is 69.7 Å². The number of nitrogens with one attached hydrogen (secondary N) is 1. The van der Waals surface area contributed by atoms with Gasteiger partial charge in [0.1, 0.15) is 0 Å². The molecule has 0 aromatic carbocycles. The van der Waals surface area contributed by atoms with Gasteiger partial charge in [0.15, 0.2) is 0 Å². The standard InChI is InChI=1S/C18H31N3O3S/c1-25(23,24)21(16-9-5-10-16)17-11-6-13-20(14-12-17)18(22)19-15-7-3-2-4-8-15/h3,7,15-17H,2,4-6,8-14H2,1H3,(H,19,22)/t15-,17+/m0/s1. The largest absolute Gasteiger partial charge is 0.332 e. The van der Waals surface area contributed by atoms with Gasteiger partial charge >= 0.3 is 6.03 Å². The van der Waals surface area contributed by atoms with Crippen molar-refractivity contribution in [3.8, 4) is 0 Å². The van der Waals surface area contributed by atoms with Crippen molar-refractivity contribution in [2.45, 2.75) is 75.9 Å². The monoisotopic (exact) mass is 369 g/mol. The van der Waals surface area contributed by atoms with E-state index in [1.807, 2.05) is 4.90 Å². The van der Waals surface area contributed by atoms with E-state index in [4.69, 9.17) is 0 Å². The number of hydrogen-bond donors (Lipinski definition) is 1. The smallest absolute Gasteiger partial charge is 0.317 e. The van der Waals surface area contributed by atoms with Crippen molar-refractivity contribution < 1.29 is 13.2 Å². The Hall–Kier alpha value is -1.08. The average Bonchev–Trinajstić information content (AvgIpc) is 2.76. The zero-order chi connectivity index (χ0) is 17.9. The number of sulfonamides is 1. The normalized spacial score (nSPS) is 28.5. The number of urea groups is 1. The SMILES string of the molecule is CS(=O)(=O)N(C1CCC1)[C@@H]1CCCN(C(=O)N[C@H]2C=CCCC2)CC1. The molecule has 6 nitrogen and oxygen atoms in total. The summed E-state index contributed by atoms with van der Waals surface area (Å²) in [5, 5.41) is 3.10. The molecule has 1 heterocycles. The predicted molar refractivity (Wildman–Crippen MR) is 98.8 cm³/mol. The van der Waals surface area contributed by atoms with Gasteiger partial charge in [-0.3, -0.25) is 0 Å². The van der Waals surface area contributed by atoms with Gasteiger partial charge in [-0.25, -0.2) is 13.2 Å². The van der Waals surface area contributed by atoms with Gasteiger partial charge in [0.05, 0.1) is 6.26 Å². The molecule has 142 valence electrons. The van der Waals surface area contributed by atoms with E-state index in [1.54, 1.807) is 4.31 Å². The lowest BCUT2D eigenvalue weighted by Crippen LogP contribution is -2.50. The molecule has 0 spiro atoms. The third kappa shape index (κ3) is 4.76. The fourth-order valence-electron chi connectivity index (χ4n) is 4.20. The highest BCUT2D eigenvalue weighted by molar-refractivity contribution is 7.88. The van der Waals surface area contributed by atoms with Crippen molar-refractivity contribution in [3.05, 3.63) is 12.2 Å². The molecule has 25 heavy (non-hydrogen) atoms. The van der Waals surface area contributed by atoms with Gasteiger partial charge in [-0.05, 0) is 51.4 Å². The number of nitrogens with zero attached hydrogens (tertiary/aromatic N) is 2. The molecule has 1 saturated heterocycles. The van der Waals surface area contributed by atoms with Crippen molar-refractivity contribution in [1.82, 2.24) is 14.5 Å². The summed E-state index contributed by atoms with van der Waals surface area (Å²) in [5.74, 6) is 0. The van der Waals surface area contributed by atoms with Crippen LogP contribution in [0.1, 0.15) is 57.8 Å². The number of likely N-dealkylation sites (tertiary alicyclic amines) is 1. The van der Waals surface area contributed by atoms with Crippen molar-refractivity contribution in [2.75, 3.05) is 19.3 Å². The number of amides is 2. The van der Waals surface area contributed by atoms with Crippen LogP contribution >= 0.6 is 0 Å². The first-order valence-electron chi connectivity index (χ1n) is 9.66. The van der Waals surface area contributed by atoms with E-state index in [-0.39, 0.29) is 24.2 Å². The molecule has 0 aromatic heterocycles. The second kappa shape index (κ2) is 8.08. The Kier molecular flexibility index (Phi) is 6.04. The molecular formula is C18H31N3O3S. The summed E-state index contributed by atoms with van der Waals surface area (Å²) in [4.78, 5) is 14.4. The van der Waals surface area contributed by atoms with Crippen LogP contribution in [-0.4, -0.2) is 61.1 Å². The summed E-state index contributed by atoms with van der Waals surface area (Å²) < 4.78 is 26.3. The van der Waals surface area contributed by atoms with E-state index in [0.29, 0.717) is 13.1 Å². The minimum Gasteiger partial charge on any atom is -0.332 e. The van der Waals surface area contributed by atoms with Crippen LogP contribution in [0.25, 0.3) is 0 Å². The van der Waals surface area contributed by atoms with Crippen LogP contribution in [0, 0.1) is 0 Å². The van der Waals surface area contributed by atoms with E-state index >= 15 is 0 Å². The van der Waals surface area contributed by atoms with Crippen LogP contribution in [0.2, 0.25) is 0 Å². The second-order valence-corrected chi connectivity index (χ2v) is 9.55. The Morgan fingerprint density at radius 1 is 1.04 bits per heavy atom. The number of rotatable bonds is 4. The molecule has 2 atom stereocenters. The summed E-state index contributed by atoms with van der Waals surface area (Å²) in [6.45, 7) is 1.34. The molecule has 3 rings (SSSR count). The molecule has 0 radical (unpaired) electrons. The third-order valence-corrected chi connectivity index (χ3v) is 7.09. The number of allylic oxidation sites excluding steroid dienone is 1. The molecule has 1 saturated carbocycles. The van der Waals surface area contributed by atoms with E-state index in [0.717, 1.165) is 57.8 Å². The maximum absolute atomic E-state index is 12.5. The quantitative estimate of drug-likeness (QED) is 0.774. The molecule has 2 fully saturated rings. The molecule has 1 N–H and O–H groups in total. The van der Waals surface area contributed by atoms with Crippen molar-refractivity contribution >= 4 is 16.1 Å². The maximum Gasteiger partial charge on any atom is 0.317 e. The zero-order valence-electron chi connectivity index (χ0n) is 15.2. The van der Waals surface area contributed by atoms with Gasteiger partial charge in [0.2, 0.25) is 10.0 Å². The lowest BCUT2D eigenvalue weighted by atomic mass is 9.91. The van der Waals surface area contributed by atoms with Crippen molar-refractivity contribution in [1.29, 1.82) is 0 Å². The highest BCUT2D eigenvalue weighted by Gasteiger charge is 2.37. The number of hydrogen-bond acceptors (Lipinski definition) is 3. The highest BCUT2D eigenvalue weighted by atomic mass is 32.2. The molecule has 2 aliphatic carbocycles. The molecular weight excluding hydrogens is 338 g/mol. The summed E-state index contributed by atoms with van der Waals surface area (Å²) in [5.41, 5.74) is 0. The molecule has 1 aliphatic heterocycles. The Morgan fingerprint density at radius 2 is 1.76 bits per heavy atom. The number of carbonyl (C=O) groups is 1. The predicted octanol–water partition coefficient (Wildman–Crippen LogP) is 2.47. The molecule has 7 heteroatoms. The summed E-state index contributed by atoms with van der Waals surface area (Å²) in [6.07, 6.45) is 14.3. The van der Waals surface area contributed by atoms with E-state index < -0.39 is 10.0 Å². The van der Waals surface area contributed by atoms with Crippen LogP contribution in [0.4, 0.5) is 4.79 Å². The Bertz CT molecular complexity index is 601. The van der Waals surface area contributed by atoms with Gasteiger partial charge in [0.25, 0.3) is 0 Å². The first-order chi connectivity index (χ1) is 11.9. The first-order valence-corrected chi connectivity index (χ1v) is 11.5. The lowest BCUT2D eigenvalue weighted by Gasteiger charge is -2.40. The summed E-state index contributed by atoms with van der Waals surface area (Å²) in [7, 11) is -3.20. The number of carbonyl (C=O) groups excluding carboxylic acids is 1. The summed E-state index contributed by atoms with van der Waals surface area (Å²) in [6, 6.07) is 0.343. The van der Waals surface area contributed by atoms with Crippen LogP contribution in [0.5, 0.6) is 0 Å². The van der Waals surface area contributed by atoms with E-state index in [2.05, 4.69) is 17.5 Å². The van der Waals surface area contributed by atoms with Gasteiger partial charge in [-0.2, -0.15) is 4.31 Å². The average molecular weight is 370 g/mol. The molecule has 3 aliphatic rings. The Labute approximate surface area is 151 Å². The molecule has 0 aromatic rings. The lowest BCUT2D eigenvalue weighted by molar-refractivity contribution is 0.161. The van der Waals surface area contributed by atoms with Gasteiger partial charge in [-0.1, -0.05) is 18.6 Å². The first kappa shape index (κ1) is 18.7. The van der Waals surface area contributed by atoms with Gasteiger partial charge in [0, 0.05) is 31.2 Å². The van der Waals surface area contributed by atoms with Crippen LogP contribution < -0.4 is 5.32 Å². The second-order valence-electron chi connectivity index (χ2n) is 7.66. The molecule has 0 bridgehead atoms. The van der Waals surface area contributed by atoms with Crippen molar-refractivity contribution in [3.63, 3.8) is 0 Å². The van der Waals surface area contributed by atoms with E-state index in [1.165, 1.54) is 6.26 Å². The van der Waals surface area contributed by atoms with Crippen LogP contribution in [0.15, 0.2) is 12.2 Å². The molecule has 0 unspecified atom stereocenters.